The number of ether oxygens (including phenoxy) is 5. The first-order valence-corrected chi connectivity index (χ1v) is 16.8. The first kappa shape index (κ1) is 34.2. The molecule has 8 nitrogen and oxygen atoms in total. The van der Waals surface area contributed by atoms with Crippen LogP contribution in [-0.2, 0) is 29.3 Å². The van der Waals surface area contributed by atoms with Crippen molar-refractivity contribution in [2.24, 2.45) is 0 Å². The molecule has 0 saturated carbocycles. The van der Waals surface area contributed by atoms with Gasteiger partial charge in [0.05, 0.1) is 24.1 Å². The van der Waals surface area contributed by atoms with Gasteiger partial charge in [0, 0.05) is 0 Å². The monoisotopic (exact) mass is 676 g/mol. The summed E-state index contributed by atoms with van der Waals surface area (Å²) >= 11 is 0. The molecule has 1 aliphatic heterocycles. The van der Waals surface area contributed by atoms with Crippen LogP contribution in [0.5, 0.6) is 0 Å². The van der Waals surface area contributed by atoms with E-state index in [9.17, 15) is 14.7 Å². The Bertz CT molecular complexity index is 1690. The van der Waals surface area contributed by atoms with Crippen molar-refractivity contribution in [3.05, 3.63) is 179 Å². The number of aliphatic hydroxyl groups is 1. The summed E-state index contributed by atoms with van der Waals surface area (Å²) in [5.41, 5.74) is 1.92. The molecule has 0 aliphatic carbocycles. The van der Waals surface area contributed by atoms with Crippen LogP contribution in [0, 0.1) is 0 Å². The van der Waals surface area contributed by atoms with Gasteiger partial charge in [0.25, 0.3) is 0 Å². The molecule has 1 saturated heterocycles. The van der Waals surface area contributed by atoms with Crippen LogP contribution in [0.25, 0.3) is 0 Å². The Kier molecular flexibility index (Phi) is 10.9. The molecule has 0 radical (unpaired) electrons. The summed E-state index contributed by atoms with van der Waals surface area (Å²) in [4.78, 5) is 27.0. The number of rotatable bonds is 13. The molecule has 3 unspecified atom stereocenters. The molecule has 5 aromatic carbocycles. The van der Waals surface area contributed by atoms with E-state index in [0.29, 0.717) is 0 Å². The molecule has 5 atom stereocenters. The van der Waals surface area contributed by atoms with Gasteiger partial charge in [-0.25, -0.2) is 9.59 Å². The molecule has 9 heteroatoms. The number of esters is 2. The normalized spacial score (nSPS) is 20.4. The Morgan fingerprint density at radius 3 is 1.49 bits per heavy atom. The lowest BCUT2D eigenvalue weighted by Gasteiger charge is -2.37. The summed E-state index contributed by atoms with van der Waals surface area (Å²) in [5.74, 6) is -3.60. The number of carbonyl (C=O) groups excluding carboxylic acids is 2. The minimum atomic E-state index is -2.19. The summed E-state index contributed by atoms with van der Waals surface area (Å²) in [5, 5.41) is 12.0. The Labute approximate surface area is 287 Å². The lowest BCUT2D eigenvalue weighted by molar-refractivity contribution is -0.255. The van der Waals surface area contributed by atoms with E-state index < -0.39 is 41.6 Å². The minimum Gasteiger partial charge on any atom is -0.452 e. The van der Waals surface area contributed by atoms with E-state index in [-0.39, 0.29) is 30.7 Å². The van der Waals surface area contributed by atoms with Crippen molar-refractivity contribution in [3.8, 4) is 0 Å². The SMILES string of the molecule is O=C(OC1C(OC(=O)c2ccccc2)[C@](O)(COCP)O[C@H]1COC(c1ccccc1)(c1ccccc1)c1ccccc1)c1ccccc1. The van der Waals surface area contributed by atoms with Gasteiger partial charge in [-0.2, -0.15) is 0 Å². The zero-order chi connectivity index (χ0) is 34.1. The molecule has 6 rings (SSSR count). The fourth-order valence-corrected chi connectivity index (χ4v) is 6.21. The summed E-state index contributed by atoms with van der Waals surface area (Å²) < 4.78 is 30.9. The van der Waals surface area contributed by atoms with Crippen molar-refractivity contribution < 1.29 is 38.4 Å². The van der Waals surface area contributed by atoms with Crippen molar-refractivity contribution in [1.29, 1.82) is 0 Å². The van der Waals surface area contributed by atoms with Crippen LogP contribution in [0.1, 0.15) is 37.4 Å². The second kappa shape index (κ2) is 15.7. The predicted octanol–water partition coefficient (Wildman–Crippen LogP) is 6.38. The van der Waals surface area contributed by atoms with Crippen molar-refractivity contribution >= 4 is 21.2 Å². The topological polar surface area (TPSA) is 101 Å². The highest BCUT2D eigenvalue weighted by Gasteiger charge is 2.60. The molecular weight excluding hydrogens is 639 g/mol. The van der Waals surface area contributed by atoms with Gasteiger partial charge in [-0.05, 0) is 41.0 Å². The second-order valence-electron chi connectivity index (χ2n) is 11.5. The molecule has 49 heavy (non-hydrogen) atoms. The zero-order valence-electron chi connectivity index (χ0n) is 26.7. The Morgan fingerprint density at radius 2 is 1.06 bits per heavy atom. The highest BCUT2D eigenvalue weighted by molar-refractivity contribution is 7.16. The standard InChI is InChI=1S/C40H37O8P/c41-37(29-16-6-1-7-17-29)46-35-34(48-39(43,27-44-28-49)36(35)47-38(42)30-18-8-2-9-19-30)26-45-40(31-20-10-3-11-21-31,32-22-12-4-13-23-32)33-24-14-5-15-25-33/h1-25,34-36,43H,26-28,49H2/t34-,35?,36?,39-/m0/s1. The maximum absolute atomic E-state index is 13.6. The van der Waals surface area contributed by atoms with E-state index in [0.717, 1.165) is 16.7 Å². The Hall–Kier alpha value is -4.69. The molecule has 250 valence electrons. The van der Waals surface area contributed by atoms with Crippen molar-refractivity contribution in [2.75, 3.05) is 19.6 Å². The fourth-order valence-electron chi connectivity index (χ4n) is 6.09. The molecular formula is C40H37O8P. The maximum atomic E-state index is 13.6. The summed E-state index contributed by atoms with van der Waals surface area (Å²) in [7, 11) is 2.41. The lowest BCUT2D eigenvalue weighted by atomic mass is 9.80. The Balaban J connectivity index is 1.42. The average Bonchev–Trinajstić information content (AvgIpc) is 3.42. The number of hydrogen-bond donors (Lipinski definition) is 1. The Morgan fingerprint density at radius 1 is 0.653 bits per heavy atom. The summed E-state index contributed by atoms with van der Waals surface area (Å²) in [6.07, 6.45) is -3.70. The van der Waals surface area contributed by atoms with Crippen LogP contribution in [0.2, 0.25) is 0 Å². The maximum Gasteiger partial charge on any atom is 0.338 e. The number of carbonyl (C=O) groups is 2. The molecule has 0 bridgehead atoms. The summed E-state index contributed by atoms with van der Waals surface area (Å²) in [6.45, 7) is -0.561. The largest absolute Gasteiger partial charge is 0.452 e. The molecule has 1 aliphatic rings. The molecule has 1 heterocycles. The predicted molar refractivity (Wildman–Crippen MR) is 187 cm³/mol. The molecule has 0 amide bonds. The van der Waals surface area contributed by atoms with Crippen LogP contribution in [0.15, 0.2) is 152 Å². The lowest BCUT2D eigenvalue weighted by Crippen LogP contribution is -2.50. The minimum absolute atomic E-state index is 0.166. The van der Waals surface area contributed by atoms with Gasteiger partial charge in [0.1, 0.15) is 18.3 Å². The van der Waals surface area contributed by atoms with Crippen molar-refractivity contribution in [1.82, 2.24) is 0 Å². The van der Waals surface area contributed by atoms with E-state index in [4.69, 9.17) is 23.7 Å². The van der Waals surface area contributed by atoms with Gasteiger partial charge in [-0.3, -0.25) is 0 Å². The van der Waals surface area contributed by atoms with E-state index >= 15 is 0 Å². The molecule has 0 aromatic heterocycles. The van der Waals surface area contributed by atoms with Crippen LogP contribution in [-0.4, -0.2) is 60.7 Å². The van der Waals surface area contributed by atoms with Crippen LogP contribution < -0.4 is 0 Å². The molecule has 1 N–H and O–H groups in total. The van der Waals surface area contributed by atoms with Gasteiger partial charge in [0.2, 0.25) is 5.79 Å². The van der Waals surface area contributed by atoms with E-state index in [2.05, 4.69) is 9.24 Å². The van der Waals surface area contributed by atoms with Gasteiger partial charge >= 0.3 is 11.9 Å². The van der Waals surface area contributed by atoms with Gasteiger partial charge < -0.3 is 28.8 Å². The number of benzene rings is 5. The fraction of sp³-hybridized carbons (Fsp3) is 0.200. The second-order valence-corrected chi connectivity index (χ2v) is 11.9. The van der Waals surface area contributed by atoms with E-state index in [1.54, 1.807) is 60.7 Å². The van der Waals surface area contributed by atoms with Gasteiger partial charge in [-0.1, -0.05) is 127 Å². The van der Waals surface area contributed by atoms with Crippen LogP contribution in [0.3, 0.4) is 0 Å². The average molecular weight is 677 g/mol. The highest BCUT2D eigenvalue weighted by Crippen LogP contribution is 2.42. The van der Waals surface area contributed by atoms with E-state index in [1.165, 1.54) is 0 Å². The third-order valence-electron chi connectivity index (χ3n) is 8.39. The quantitative estimate of drug-likeness (QED) is 0.0872. The van der Waals surface area contributed by atoms with Crippen LogP contribution >= 0.6 is 9.24 Å². The molecule has 1 fully saturated rings. The third-order valence-corrected chi connectivity index (χ3v) is 8.63. The smallest absolute Gasteiger partial charge is 0.338 e. The first-order valence-electron chi connectivity index (χ1n) is 16.0. The van der Waals surface area contributed by atoms with E-state index in [1.807, 2.05) is 91.0 Å². The number of hydrogen-bond acceptors (Lipinski definition) is 8. The third kappa shape index (κ3) is 7.49. The zero-order valence-corrected chi connectivity index (χ0v) is 27.8. The molecule has 0 spiro atoms. The highest BCUT2D eigenvalue weighted by atomic mass is 31.0. The van der Waals surface area contributed by atoms with Gasteiger partial charge in [0.15, 0.2) is 12.2 Å². The van der Waals surface area contributed by atoms with Crippen LogP contribution in [0.4, 0.5) is 0 Å². The van der Waals surface area contributed by atoms with Crippen molar-refractivity contribution in [3.63, 3.8) is 0 Å². The first-order chi connectivity index (χ1) is 23.9. The van der Waals surface area contributed by atoms with Crippen molar-refractivity contribution in [2.45, 2.75) is 29.7 Å². The van der Waals surface area contributed by atoms with Gasteiger partial charge in [-0.15, -0.1) is 9.24 Å². The summed E-state index contributed by atoms with van der Waals surface area (Å²) in [6, 6.07) is 46.1. The molecule has 5 aromatic rings.